The number of anilines is 1. The number of carbonyl (C=O) groups is 1. The van der Waals surface area contributed by atoms with E-state index >= 15 is 0 Å². The summed E-state index contributed by atoms with van der Waals surface area (Å²) in [4.78, 5) is 15.4. The highest BCUT2D eigenvalue weighted by molar-refractivity contribution is 7.92. The van der Waals surface area contributed by atoms with E-state index in [1.54, 1.807) is 42.5 Å². The number of rotatable bonds is 6. The summed E-state index contributed by atoms with van der Waals surface area (Å²) in [7, 11) is -3.21. The average molecular weight is 457 g/mol. The minimum Gasteiger partial charge on any atom is -0.508 e. The minimum atomic E-state index is -3.21. The van der Waals surface area contributed by atoms with Gasteiger partial charge in [-0.15, -0.1) is 0 Å². The Morgan fingerprint density at radius 2 is 1.81 bits per heavy atom. The lowest BCUT2D eigenvalue weighted by atomic mass is 9.73. The topological polar surface area (TPSA) is 95.9 Å². The molecular formula is C24H28N2O5S. The van der Waals surface area contributed by atoms with E-state index < -0.39 is 15.3 Å². The smallest absolute Gasteiger partial charge is 0.235 e. The van der Waals surface area contributed by atoms with Gasteiger partial charge in [0, 0.05) is 12.2 Å². The Labute approximate surface area is 188 Å². The molecule has 2 aromatic carbocycles. The molecule has 0 bridgehead atoms. The number of nitrogens with one attached hydrogen (secondary N) is 1. The van der Waals surface area contributed by atoms with Crippen LogP contribution in [-0.2, 0) is 20.0 Å². The van der Waals surface area contributed by atoms with Gasteiger partial charge in [-0.25, -0.2) is 8.42 Å². The first kappa shape index (κ1) is 21.3. The molecule has 2 heterocycles. The van der Waals surface area contributed by atoms with Gasteiger partial charge >= 0.3 is 0 Å². The highest BCUT2D eigenvalue weighted by Gasteiger charge is 2.48. The van der Waals surface area contributed by atoms with Crippen LogP contribution in [-0.4, -0.2) is 55.8 Å². The Hall–Kier alpha value is -2.58. The molecule has 32 heavy (non-hydrogen) atoms. The second-order valence-electron chi connectivity index (χ2n) is 9.03. The predicted octanol–water partition coefficient (Wildman–Crippen LogP) is 3.08. The van der Waals surface area contributed by atoms with Gasteiger partial charge in [0.25, 0.3) is 0 Å². The normalized spacial score (nSPS) is 20.6. The van der Waals surface area contributed by atoms with E-state index in [4.69, 9.17) is 4.74 Å². The Bertz CT molecular complexity index is 1120. The third kappa shape index (κ3) is 3.65. The number of benzene rings is 2. The molecule has 170 valence electrons. The number of sulfone groups is 1. The van der Waals surface area contributed by atoms with Crippen molar-refractivity contribution in [1.82, 2.24) is 4.90 Å². The van der Waals surface area contributed by atoms with Gasteiger partial charge in [-0.05, 0) is 86.8 Å². The molecule has 2 aliphatic heterocycles. The highest BCUT2D eigenvalue weighted by Crippen LogP contribution is 2.46. The first-order chi connectivity index (χ1) is 15.4. The van der Waals surface area contributed by atoms with Crippen LogP contribution in [0.1, 0.15) is 37.7 Å². The fourth-order valence-corrected chi connectivity index (χ4v) is 6.80. The molecule has 2 aromatic rings. The third-order valence-corrected chi connectivity index (χ3v) is 9.51. The number of nitrogens with zero attached hydrogens (tertiary/aromatic N) is 1. The number of hydrogen-bond acceptors (Lipinski definition) is 6. The molecule has 7 nitrogen and oxygen atoms in total. The Morgan fingerprint density at radius 3 is 2.47 bits per heavy atom. The van der Waals surface area contributed by atoms with E-state index in [2.05, 4.69) is 10.2 Å². The number of fused-ring (bicyclic) bond motifs is 2. The maximum atomic E-state index is 12.7. The average Bonchev–Trinajstić information content (AvgIpc) is 2.99. The van der Waals surface area contributed by atoms with Crippen LogP contribution >= 0.6 is 0 Å². The number of ether oxygens (including phenoxy) is 1. The van der Waals surface area contributed by atoms with E-state index in [0.717, 1.165) is 50.1 Å². The lowest BCUT2D eigenvalue weighted by Crippen LogP contribution is -2.47. The zero-order chi connectivity index (χ0) is 22.3. The largest absolute Gasteiger partial charge is 0.508 e. The molecule has 8 heteroatoms. The summed E-state index contributed by atoms with van der Waals surface area (Å²) in [6, 6.07) is 11.8. The Kier molecular flexibility index (Phi) is 5.37. The number of amides is 1. The molecule has 1 aliphatic carbocycles. The summed E-state index contributed by atoms with van der Waals surface area (Å²) >= 11 is 0. The van der Waals surface area contributed by atoms with Crippen molar-refractivity contribution in [2.24, 2.45) is 0 Å². The van der Waals surface area contributed by atoms with Crippen LogP contribution in [0.15, 0.2) is 47.4 Å². The van der Waals surface area contributed by atoms with Crippen LogP contribution in [0.2, 0.25) is 0 Å². The number of likely N-dealkylation sites (tertiary alicyclic amines) is 1. The maximum Gasteiger partial charge on any atom is 0.235 e. The maximum absolute atomic E-state index is 12.7. The summed E-state index contributed by atoms with van der Waals surface area (Å²) < 4.78 is 30.8. The van der Waals surface area contributed by atoms with Crippen molar-refractivity contribution in [3.63, 3.8) is 0 Å². The molecule has 2 fully saturated rings. The molecule has 1 amide bonds. The van der Waals surface area contributed by atoms with Crippen LogP contribution in [0.5, 0.6) is 11.5 Å². The molecule has 0 radical (unpaired) electrons. The van der Waals surface area contributed by atoms with E-state index in [0.29, 0.717) is 30.1 Å². The first-order valence-electron chi connectivity index (χ1n) is 11.2. The summed E-state index contributed by atoms with van der Waals surface area (Å²) in [5, 5.41) is 12.6. The van der Waals surface area contributed by atoms with Crippen molar-refractivity contribution in [2.45, 2.75) is 47.7 Å². The number of phenols is 1. The van der Waals surface area contributed by atoms with Crippen molar-refractivity contribution in [3.05, 3.63) is 48.0 Å². The number of piperidine rings is 1. The summed E-state index contributed by atoms with van der Waals surface area (Å²) in [5.41, 5.74) is 1.13. The lowest BCUT2D eigenvalue weighted by molar-refractivity contribution is -0.122. The number of hydrogen-bond donors (Lipinski definition) is 2. The lowest BCUT2D eigenvalue weighted by Gasteiger charge is -2.37. The van der Waals surface area contributed by atoms with Gasteiger partial charge in [0.1, 0.15) is 18.1 Å². The number of phenolic OH excluding ortho intramolecular Hbond substituents is 1. The molecule has 2 N–H and O–H groups in total. The Balaban J connectivity index is 1.14. The first-order valence-corrected chi connectivity index (χ1v) is 12.8. The van der Waals surface area contributed by atoms with E-state index in [1.165, 1.54) is 0 Å². The van der Waals surface area contributed by atoms with Gasteiger partial charge in [-0.1, -0.05) is 6.42 Å². The number of carbonyl (C=O) groups excluding carboxylic acids is 1. The SMILES string of the molecule is O=C1Nc2ccc(O)cc2C12CCN(CCOc1ccc(S(=O)(=O)C3CCC3)cc1)CC2. The fourth-order valence-electron chi connectivity index (χ4n) is 4.95. The van der Waals surface area contributed by atoms with Gasteiger partial charge in [-0.3, -0.25) is 9.69 Å². The van der Waals surface area contributed by atoms with E-state index in [1.807, 2.05) is 0 Å². The van der Waals surface area contributed by atoms with Gasteiger partial charge in [0.05, 0.1) is 15.6 Å². The second kappa shape index (κ2) is 8.08. The zero-order valence-electron chi connectivity index (χ0n) is 17.9. The standard InChI is InChI=1S/C24H28N2O5S/c27-17-4-9-22-21(16-17)24(23(28)25-22)10-12-26(13-11-24)14-15-31-18-5-7-20(8-6-18)32(29,30)19-2-1-3-19/h4-9,16,19,27H,1-3,10-15H2,(H,25,28). The minimum absolute atomic E-state index is 0.0194. The molecular weight excluding hydrogens is 428 g/mol. The Morgan fingerprint density at radius 1 is 1.09 bits per heavy atom. The van der Waals surface area contributed by atoms with Gasteiger partial charge in [0.15, 0.2) is 9.84 Å². The van der Waals surface area contributed by atoms with Crippen molar-refractivity contribution in [3.8, 4) is 11.5 Å². The van der Waals surface area contributed by atoms with Gasteiger partial charge in [0.2, 0.25) is 5.91 Å². The molecule has 0 atom stereocenters. The van der Waals surface area contributed by atoms with Crippen molar-refractivity contribution >= 4 is 21.4 Å². The van der Waals surface area contributed by atoms with Crippen LogP contribution in [0.4, 0.5) is 5.69 Å². The predicted molar refractivity (Wildman–Crippen MR) is 121 cm³/mol. The molecule has 3 aliphatic rings. The van der Waals surface area contributed by atoms with Crippen LogP contribution in [0.3, 0.4) is 0 Å². The molecule has 0 aromatic heterocycles. The van der Waals surface area contributed by atoms with Crippen molar-refractivity contribution in [2.75, 3.05) is 31.6 Å². The quantitative estimate of drug-likeness (QED) is 0.649. The molecule has 5 rings (SSSR count). The molecule has 0 unspecified atom stereocenters. The van der Waals surface area contributed by atoms with Crippen LogP contribution in [0.25, 0.3) is 0 Å². The van der Waals surface area contributed by atoms with E-state index in [9.17, 15) is 18.3 Å². The number of aromatic hydroxyl groups is 1. The summed E-state index contributed by atoms with van der Waals surface area (Å²) in [6.07, 6.45) is 3.90. The molecule has 1 saturated heterocycles. The summed E-state index contributed by atoms with van der Waals surface area (Å²) in [6.45, 7) is 2.76. The van der Waals surface area contributed by atoms with Crippen molar-refractivity contribution < 1.29 is 23.1 Å². The second-order valence-corrected chi connectivity index (χ2v) is 11.3. The molecule has 1 saturated carbocycles. The highest BCUT2D eigenvalue weighted by atomic mass is 32.2. The van der Waals surface area contributed by atoms with Crippen LogP contribution < -0.4 is 10.1 Å². The summed E-state index contributed by atoms with van der Waals surface area (Å²) in [5.74, 6) is 0.860. The van der Waals surface area contributed by atoms with Crippen molar-refractivity contribution in [1.29, 1.82) is 0 Å². The third-order valence-electron chi connectivity index (χ3n) is 7.23. The van der Waals surface area contributed by atoms with Gasteiger partial charge in [-0.2, -0.15) is 0 Å². The van der Waals surface area contributed by atoms with E-state index in [-0.39, 0.29) is 16.9 Å². The van der Waals surface area contributed by atoms with Gasteiger partial charge < -0.3 is 15.2 Å². The molecule has 1 spiro atoms. The monoisotopic (exact) mass is 456 g/mol. The zero-order valence-corrected chi connectivity index (χ0v) is 18.7. The fraction of sp³-hybridized carbons (Fsp3) is 0.458. The van der Waals surface area contributed by atoms with Crippen LogP contribution in [0, 0.1) is 0 Å².